The molecule has 2 aliphatic rings. The Balaban J connectivity index is 2.03. The number of fused-ring (bicyclic) bond motifs is 1. The average Bonchev–Trinajstić information content (AvgIpc) is 3.03. The lowest BCUT2D eigenvalue weighted by Crippen LogP contribution is -2.26. The maximum Gasteiger partial charge on any atom is 0.333 e. The van der Waals surface area contributed by atoms with Crippen LogP contribution in [0.2, 0.25) is 0 Å². The highest BCUT2D eigenvalue weighted by molar-refractivity contribution is 5.89. The van der Waals surface area contributed by atoms with Gasteiger partial charge >= 0.3 is 5.97 Å². The van der Waals surface area contributed by atoms with Gasteiger partial charge in [0, 0.05) is 11.6 Å². The zero-order chi connectivity index (χ0) is 10.8. The van der Waals surface area contributed by atoms with Crippen molar-refractivity contribution in [2.75, 3.05) is 13.7 Å². The number of hydrogen-bond donors (Lipinski definition) is 1. The Morgan fingerprint density at radius 2 is 2.60 bits per heavy atom. The Hall–Kier alpha value is -1.13. The molecule has 2 rings (SSSR count). The van der Waals surface area contributed by atoms with Gasteiger partial charge in [-0.25, -0.2) is 4.79 Å². The van der Waals surface area contributed by atoms with Crippen molar-refractivity contribution in [3.8, 4) is 0 Å². The van der Waals surface area contributed by atoms with Crippen molar-refractivity contribution in [2.24, 2.45) is 0 Å². The Labute approximate surface area is 88.9 Å². The number of ether oxygens (including phenoxy) is 2. The Morgan fingerprint density at radius 1 is 1.80 bits per heavy atom. The molecule has 3 atom stereocenters. The monoisotopic (exact) mass is 209 g/mol. The number of methoxy groups -OCH3 is 1. The molecule has 0 saturated carbocycles. The molecule has 0 aromatic heterocycles. The molecule has 15 heavy (non-hydrogen) atoms. The molecule has 0 amide bonds. The summed E-state index contributed by atoms with van der Waals surface area (Å²) in [6.45, 7) is 4.10. The lowest BCUT2D eigenvalue weighted by Gasteiger charge is -2.17. The molecule has 4 heteroatoms. The van der Waals surface area contributed by atoms with E-state index in [0.29, 0.717) is 24.3 Å². The summed E-state index contributed by atoms with van der Waals surface area (Å²) in [5.74, 6) is -0.255. The quantitative estimate of drug-likeness (QED) is 0.413. The van der Waals surface area contributed by atoms with Crippen LogP contribution in [0, 0.1) is 0 Å². The predicted molar refractivity (Wildman–Crippen MR) is 55.4 cm³/mol. The number of carbonyl (C=O) groups is 1. The van der Waals surface area contributed by atoms with Gasteiger partial charge in [0.15, 0.2) is 0 Å². The van der Waals surface area contributed by atoms with Crippen LogP contribution < -0.4 is 5.32 Å². The first-order valence-corrected chi connectivity index (χ1v) is 5.04. The van der Waals surface area contributed by atoms with Crippen molar-refractivity contribution in [1.29, 1.82) is 0 Å². The molecule has 0 aromatic carbocycles. The summed E-state index contributed by atoms with van der Waals surface area (Å²) in [4.78, 5) is 11.4. The van der Waals surface area contributed by atoms with Gasteiger partial charge in [0.1, 0.15) is 0 Å². The lowest BCUT2D eigenvalue weighted by molar-refractivity contribution is -0.136. The van der Waals surface area contributed by atoms with Crippen LogP contribution in [0.5, 0.6) is 0 Å². The van der Waals surface area contributed by atoms with E-state index in [4.69, 9.17) is 9.47 Å². The van der Waals surface area contributed by atoms with E-state index in [1.54, 1.807) is 6.08 Å². The van der Waals surface area contributed by atoms with E-state index in [9.17, 15) is 4.79 Å². The molecule has 4 nitrogen and oxygen atoms in total. The van der Waals surface area contributed by atoms with E-state index in [-0.39, 0.29) is 12.1 Å². The van der Waals surface area contributed by atoms with Crippen molar-refractivity contribution in [3.05, 3.63) is 24.3 Å². The van der Waals surface area contributed by atoms with Crippen LogP contribution in [0.15, 0.2) is 24.3 Å². The summed E-state index contributed by atoms with van der Waals surface area (Å²) in [5, 5.41) is 3.28. The van der Waals surface area contributed by atoms with Crippen molar-refractivity contribution in [2.45, 2.75) is 24.6 Å². The highest BCUT2D eigenvalue weighted by atomic mass is 16.5. The minimum atomic E-state index is -0.255. The third kappa shape index (κ3) is 2.11. The maximum atomic E-state index is 11.4. The van der Waals surface area contributed by atoms with Crippen molar-refractivity contribution in [1.82, 2.24) is 5.32 Å². The second-order valence-electron chi connectivity index (χ2n) is 3.77. The molecular weight excluding hydrogens is 194 g/mol. The van der Waals surface area contributed by atoms with Crippen molar-refractivity contribution in [3.63, 3.8) is 0 Å². The van der Waals surface area contributed by atoms with Gasteiger partial charge in [-0.2, -0.15) is 0 Å². The maximum absolute atomic E-state index is 11.4. The minimum absolute atomic E-state index is 0.0316. The molecule has 0 radical (unpaired) electrons. The fourth-order valence-corrected chi connectivity index (χ4v) is 1.92. The second-order valence-corrected chi connectivity index (χ2v) is 3.77. The molecule has 1 fully saturated rings. The van der Waals surface area contributed by atoms with Gasteiger partial charge in [0.05, 0.1) is 25.9 Å². The third-order valence-corrected chi connectivity index (χ3v) is 2.74. The fraction of sp³-hybridized carbons (Fsp3) is 0.545. The van der Waals surface area contributed by atoms with Gasteiger partial charge in [-0.3, -0.25) is 0 Å². The summed E-state index contributed by atoms with van der Waals surface area (Å²) in [5.41, 5.74) is 0.706. The standard InChI is InChI=1S/C11H15NO3/c1-3-4-15-9-6-7(11(13)14-2)5-8-10(9)12-8/h3,6,8-10,12H,1,4-5H2,2H3. The van der Waals surface area contributed by atoms with Gasteiger partial charge in [0.25, 0.3) is 0 Å². The Kier molecular flexibility index (Phi) is 2.88. The number of carbonyl (C=O) groups excluding carboxylic acids is 1. The van der Waals surface area contributed by atoms with E-state index in [1.807, 2.05) is 6.08 Å². The molecule has 1 aliphatic heterocycles. The van der Waals surface area contributed by atoms with Crippen molar-refractivity contribution >= 4 is 5.97 Å². The average molecular weight is 209 g/mol. The van der Waals surface area contributed by atoms with E-state index < -0.39 is 0 Å². The number of nitrogens with one attached hydrogen (secondary N) is 1. The summed E-state index contributed by atoms with van der Waals surface area (Å²) in [6, 6.07) is 0.734. The highest BCUT2D eigenvalue weighted by Crippen LogP contribution is 2.31. The van der Waals surface area contributed by atoms with Crippen LogP contribution in [0.25, 0.3) is 0 Å². The molecule has 1 N–H and O–H groups in total. The lowest BCUT2D eigenvalue weighted by atomic mass is 9.97. The van der Waals surface area contributed by atoms with Crippen LogP contribution in [-0.4, -0.2) is 37.9 Å². The molecule has 0 bridgehead atoms. The van der Waals surface area contributed by atoms with Crippen LogP contribution in [0.1, 0.15) is 6.42 Å². The van der Waals surface area contributed by atoms with E-state index in [2.05, 4.69) is 11.9 Å². The highest BCUT2D eigenvalue weighted by Gasteiger charge is 2.46. The first kappa shape index (κ1) is 10.4. The van der Waals surface area contributed by atoms with Crippen LogP contribution in [-0.2, 0) is 14.3 Å². The smallest absolute Gasteiger partial charge is 0.333 e. The van der Waals surface area contributed by atoms with Gasteiger partial charge < -0.3 is 14.8 Å². The topological polar surface area (TPSA) is 57.5 Å². The van der Waals surface area contributed by atoms with Gasteiger partial charge in [-0.15, -0.1) is 6.58 Å². The minimum Gasteiger partial charge on any atom is -0.466 e. The molecule has 3 unspecified atom stereocenters. The summed E-state index contributed by atoms with van der Waals surface area (Å²) >= 11 is 0. The number of hydrogen-bond acceptors (Lipinski definition) is 4. The number of esters is 1. The van der Waals surface area contributed by atoms with E-state index in [0.717, 1.165) is 6.42 Å². The third-order valence-electron chi connectivity index (χ3n) is 2.74. The molecular formula is C11H15NO3. The van der Waals surface area contributed by atoms with Crippen molar-refractivity contribution < 1.29 is 14.3 Å². The molecule has 1 heterocycles. The van der Waals surface area contributed by atoms with Crippen LogP contribution in [0.4, 0.5) is 0 Å². The molecule has 1 saturated heterocycles. The molecule has 1 aliphatic carbocycles. The fourth-order valence-electron chi connectivity index (χ4n) is 1.92. The first-order chi connectivity index (χ1) is 7.26. The molecule has 0 spiro atoms. The zero-order valence-electron chi connectivity index (χ0n) is 8.73. The molecule has 0 aromatic rings. The molecule has 82 valence electrons. The van der Waals surface area contributed by atoms with Crippen LogP contribution >= 0.6 is 0 Å². The Morgan fingerprint density at radius 3 is 3.27 bits per heavy atom. The zero-order valence-corrected chi connectivity index (χ0v) is 8.73. The van der Waals surface area contributed by atoms with Gasteiger partial charge in [0.2, 0.25) is 0 Å². The van der Waals surface area contributed by atoms with Gasteiger partial charge in [-0.1, -0.05) is 6.08 Å². The Bertz CT molecular complexity index is 311. The largest absolute Gasteiger partial charge is 0.466 e. The second kappa shape index (κ2) is 4.16. The summed E-state index contributed by atoms with van der Waals surface area (Å²) in [6.07, 6.45) is 4.27. The number of rotatable bonds is 4. The summed E-state index contributed by atoms with van der Waals surface area (Å²) in [7, 11) is 1.40. The van der Waals surface area contributed by atoms with E-state index >= 15 is 0 Å². The summed E-state index contributed by atoms with van der Waals surface area (Å²) < 4.78 is 10.2. The SMILES string of the molecule is C=CCOC1C=C(C(=O)OC)CC2NC21. The van der Waals surface area contributed by atoms with Gasteiger partial charge in [-0.05, 0) is 12.5 Å². The van der Waals surface area contributed by atoms with E-state index in [1.165, 1.54) is 7.11 Å². The normalized spacial score (nSPS) is 32.6. The van der Waals surface area contributed by atoms with Crippen LogP contribution in [0.3, 0.4) is 0 Å². The first-order valence-electron chi connectivity index (χ1n) is 5.04. The predicted octanol–water partition coefficient (Wildman–Crippen LogP) is 0.401.